The first-order chi connectivity index (χ1) is 11.9. The number of amides is 3. The van der Waals surface area contributed by atoms with E-state index in [0.717, 1.165) is 0 Å². The molecule has 25 heavy (non-hydrogen) atoms. The van der Waals surface area contributed by atoms with E-state index in [1.807, 2.05) is 0 Å². The van der Waals surface area contributed by atoms with Gasteiger partial charge in [0, 0.05) is 27.1 Å². The van der Waals surface area contributed by atoms with E-state index in [0.29, 0.717) is 13.1 Å². The average molecular weight is 351 g/mol. The van der Waals surface area contributed by atoms with Gasteiger partial charge in [0.1, 0.15) is 6.04 Å². The van der Waals surface area contributed by atoms with Gasteiger partial charge in [0.25, 0.3) is 0 Å². The lowest BCUT2D eigenvalue weighted by molar-refractivity contribution is -0.147. The molecule has 0 radical (unpaired) electrons. The van der Waals surface area contributed by atoms with Crippen molar-refractivity contribution in [2.75, 3.05) is 33.3 Å². The minimum Gasteiger partial charge on any atom is -0.490 e. The fourth-order valence-corrected chi connectivity index (χ4v) is 2.75. The van der Waals surface area contributed by atoms with Crippen molar-refractivity contribution in [3.8, 4) is 5.75 Å². The zero-order chi connectivity index (χ0) is 18.4. The Kier molecular flexibility index (Phi) is 6.32. The summed E-state index contributed by atoms with van der Waals surface area (Å²) >= 11 is 0. The molecule has 1 N–H and O–H groups in total. The van der Waals surface area contributed by atoms with E-state index in [1.54, 1.807) is 12.1 Å². The zero-order valence-corrected chi connectivity index (χ0v) is 14.3. The van der Waals surface area contributed by atoms with E-state index < -0.39 is 11.9 Å². The molecule has 1 saturated heterocycles. The van der Waals surface area contributed by atoms with E-state index in [-0.39, 0.29) is 43.0 Å². The smallest absolute Gasteiger partial charge is 0.244 e. The summed E-state index contributed by atoms with van der Waals surface area (Å²) in [6.07, 6.45) is 0.0644. The van der Waals surface area contributed by atoms with E-state index in [2.05, 4.69) is 5.32 Å². The van der Waals surface area contributed by atoms with Crippen LogP contribution in [-0.2, 0) is 14.4 Å². The van der Waals surface area contributed by atoms with Gasteiger partial charge in [-0.25, -0.2) is 4.39 Å². The van der Waals surface area contributed by atoms with Gasteiger partial charge < -0.3 is 19.9 Å². The van der Waals surface area contributed by atoms with Crippen LogP contribution >= 0.6 is 0 Å². The summed E-state index contributed by atoms with van der Waals surface area (Å²) in [4.78, 5) is 38.9. The summed E-state index contributed by atoms with van der Waals surface area (Å²) < 4.78 is 18.8. The lowest BCUT2D eigenvalue weighted by atomic mass is 10.1. The molecule has 3 amide bonds. The lowest BCUT2D eigenvalue weighted by Crippen LogP contribution is -2.60. The number of halogens is 1. The first-order valence-corrected chi connectivity index (χ1v) is 8.08. The summed E-state index contributed by atoms with van der Waals surface area (Å²) in [6.45, 7) is 2.23. The number of benzene rings is 1. The Balaban J connectivity index is 1.90. The highest BCUT2D eigenvalue weighted by Crippen LogP contribution is 2.16. The molecular formula is C17H22FN3O4. The third-order valence-electron chi connectivity index (χ3n) is 4.10. The van der Waals surface area contributed by atoms with Crippen molar-refractivity contribution in [2.24, 2.45) is 0 Å². The number of ether oxygens (including phenoxy) is 1. The van der Waals surface area contributed by atoms with Gasteiger partial charge in [-0.3, -0.25) is 14.4 Å². The minimum absolute atomic E-state index is 0.0390. The summed E-state index contributed by atoms with van der Waals surface area (Å²) in [5.74, 6) is -1.10. The van der Waals surface area contributed by atoms with Crippen LogP contribution in [-0.4, -0.2) is 66.9 Å². The molecule has 1 aliphatic rings. The molecule has 8 heteroatoms. The van der Waals surface area contributed by atoms with Crippen LogP contribution in [0.15, 0.2) is 24.3 Å². The van der Waals surface area contributed by atoms with Crippen molar-refractivity contribution in [1.29, 1.82) is 0 Å². The second-order valence-corrected chi connectivity index (χ2v) is 5.71. The summed E-state index contributed by atoms with van der Waals surface area (Å²) in [5, 5.41) is 2.51. The van der Waals surface area contributed by atoms with Gasteiger partial charge in [0.15, 0.2) is 11.6 Å². The van der Waals surface area contributed by atoms with Crippen LogP contribution in [0.3, 0.4) is 0 Å². The number of piperazine rings is 1. The normalized spacial score (nSPS) is 17.2. The van der Waals surface area contributed by atoms with E-state index >= 15 is 0 Å². The SMILES string of the molecule is CNC(=O)[C@@H]1CN(C(=O)CCOc2ccccc2F)CCN1C(C)=O. The highest BCUT2D eigenvalue weighted by atomic mass is 19.1. The van der Waals surface area contributed by atoms with Crippen LogP contribution in [0.5, 0.6) is 5.75 Å². The number of para-hydroxylation sites is 1. The van der Waals surface area contributed by atoms with Crippen molar-refractivity contribution in [2.45, 2.75) is 19.4 Å². The third kappa shape index (κ3) is 4.68. The largest absolute Gasteiger partial charge is 0.490 e. The van der Waals surface area contributed by atoms with Crippen molar-refractivity contribution >= 4 is 17.7 Å². The topological polar surface area (TPSA) is 79.0 Å². The number of carbonyl (C=O) groups is 3. The predicted octanol–water partition coefficient (Wildman–Crippen LogP) is 0.400. The Bertz CT molecular complexity index is 653. The molecule has 0 aliphatic carbocycles. The van der Waals surface area contributed by atoms with Gasteiger partial charge in [-0.2, -0.15) is 0 Å². The van der Waals surface area contributed by atoms with E-state index in [4.69, 9.17) is 4.74 Å². The van der Waals surface area contributed by atoms with Crippen molar-refractivity contribution in [1.82, 2.24) is 15.1 Å². The molecule has 1 atom stereocenters. The molecule has 0 bridgehead atoms. The molecule has 0 spiro atoms. The van der Waals surface area contributed by atoms with Gasteiger partial charge >= 0.3 is 0 Å². The number of rotatable bonds is 5. The molecule has 1 heterocycles. The van der Waals surface area contributed by atoms with Crippen molar-refractivity contribution in [3.63, 3.8) is 0 Å². The highest BCUT2D eigenvalue weighted by Gasteiger charge is 2.34. The van der Waals surface area contributed by atoms with Gasteiger partial charge in [0.05, 0.1) is 19.6 Å². The number of likely N-dealkylation sites (N-methyl/N-ethyl adjacent to an activating group) is 1. The van der Waals surface area contributed by atoms with Crippen LogP contribution in [0.1, 0.15) is 13.3 Å². The Hall–Kier alpha value is -2.64. The maximum atomic E-state index is 13.5. The number of hydrogen-bond donors (Lipinski definition) is 1. The Labute approximate surface area is 145 Å². The lowest BCUT2D eigenvalue weighted by Gasteiger charge is -2.40. The summed E-state index contributed by atoms with van der Waals surface area (Å²) in [5.41, 5.74) is 0. The van der Waals surface area contributed by atoms with E-state index in [1.165, 1.54) is 35.9 Å². The molecule has 0 saturated carbocycles. The Morgan fingerprint density at radius 1 is 1.28 bits per heavy atom. The molecule has 1 aromatic carbocycles. The number of hydrogen-bond acceptors (Lipinski definition) is 4. The van der Waals surface area contributed by atoms with Gasteiger partial charge in [-0.05, 0) is 12.1 Å². The Morgan fingerprint density at radius 2 is 2.00 bits per heavy atom. The quantitative estimate of drug-likeness (QED) is 0.833. The summed E-state index contributed by atoms with van der Waals surface area (Å²) in [7, 11) is 1.49. The number of carbonyl (C=O) groups excluding carboxylic acids is 3. The van der Waals surface area contributed by atoms with Crippen LogP contribution in [0, 0.1) is 5.82 Å². The maximum Gasteiger partial charge on any atom is 0.244 e. The molecule has 1 aliphatic heterocycles. The molecule has 136 valence electrons. The highest BCUT2D eigenvalue weighted by molar-refractivity contribution is 5.88. The van der Waals surface area contributed by atoms with Crippen molar-refractivity contribution in [3.05, 3.63) is 30.1 Å². The molecule has 2 rings (SSSR count). The van der Waals surface area contributed by atoms with Gasteiger partial charge in [0.2, 0.25) is 17.7 Å². The third-order valence-corrected chi connectivity index (χ3v) is 4.10. The second-order valence-electron chi connectivity index (χ2n) is 5.71. The van der Waals surface area contributed by atoms with Gasteiger partial charge in [-0.15, -0.1) is 0 Å². The van der Waals surface area contributed by atoms with Crippen molar-refractivity contribution < 1.29 is 23.5 Å². The molecular weight excluding hydrogens is 329 g/mol. The molecule has 0 aromatic heterocycles. The van der Waals surface area contributed by atoms with Crippen LogP contribution < -0.4 is 10.1 Å². The first kappa shape index (κ1) is 18.7. The standard InChI is InChI=1S/C17H22FN3O4/c1-12(22)21-9-8-20(11-14(21)17(24)19-2)16(23)7-10-25-15-6-4-3-5-13(15)18/h3-6,14H,7-11H2,1-2H3,(H,19,24)/t14-/m0/s1. The van der Waals surface area contributed by atoms with Crippen LogP contribution in [0.25, 0.3) is 0 Å². The van der Waals surface area contributed by atoms with Gasteiger partial charge in [-0.1, -0.05) is 12.1 Å². The Morgan fingerprint density at radius 3 is 2.64 bits per heavy atom. The molecule has 7 nitrogen and oxygen atoms in total. The second kappa shape index (κ2) is 8.46. The fraction of sp³-hybridized carbons (Fsp3) is 0.471. The monoisotopic (exact) mass is 351 g/mol. The number of nitrogens with zero attached hydrogens (tertiary/aromatic N) is 2. The molecule has 1 aromatic rings. The molecule has 0 unspecified atom stereocenters. The van der Waals surface area contributed by atoms with Crippen LogP contribution in [0.2, 0.25) is 0 Å². The van der Waals surface area contributed by atoms with E-state index in [9.17, 15) is 18.8 Å². The zero-order valence-electron chi connectivity index (χ0n) is 14.3. The average Bonchev–Trinajstić information content (AvgIpc) is 2.61. The predicted molar refractivity (Wildman–Crippen MR) is 88.3 cm³/mol. The number of nitrogens with one attached hydrogen (secondary N) is 1. The fourth-order valence-electron chi connectivity index (χ4n) is 2.75. The minimum atomic E-state index is -0.701. The maximum absolute atomic E-state index is 13.5. The first-order valence-electron chi connectivity index (χ1n) is 8.08. The van der Waals surface area contributed by atoms with Crippen LogP contribution in [0.4, 0.5) is 4.39 Å². The molecule has 1 fully saturated rings. The summed E-state index contributed by atoms with van der Waals surface area (Å²) in [6, 6.07) is 5.28.